The molecule has 0 atom stereocenters. The first-order valence-corrected chi connectivity index (χ1v) is 2.17. The van der Waals surface area contributed by atoms with E-state index in [1.165, 1.54) is 0 Å². The Morgan fingerprint density at radius 2 is 1.89 bits per heavy atom. The van der Waals surface area contributed by atoms with Crippen LogP contribution in [0.25, 0.3) is 0 Å². The molecule has 0 saturated heterocycles. The largest absolute Gasteiger partial charge is 0.412 e. The molecule has 0 rings (SSSR count). The summed E-state index contributed by atoms with van der Waals surface area (Å²) in [6.07, 6.45) is -3.76. The molecule has 0 bridgehead atoms. The van der Waals surface area contributed by atoms with Gasteiger partial charge in [0, 0.05) is 5.57 Å². The van der Waals surface area contributed by atoms with E-state index in [9.17, 15) is 18.0 Å². The van der Waals surface area contributed by atoms with E-state index in [-0.39, 0.29) is 6.29 Å². The monoisotopic (exact) mass is 138 g/mol. The molecule has 0 aromatic carbocycles. The van der Waals surface area contributed by atoms with Crippen molar-refractivity contribution in [2.24, 2.45) is 0 Å². The Hall–Kier alpha value is -0.800. The number of hydrogen-bond donors (Lipinski definition) is 0. The zero-order valence-electron chi connectivity index (χ0n) is 4.70. The van der Waals surface area contributed by atoms with Crippen LogP contribution in [0.15, 0.2) is 11.6 Å². The Bertz CT molecular complexity index is 134. The molecule has 0 aliphatic heterocycles. The van der Waals surface area contributed by atoms with Crippen molar-refractivity contribution < 1.29 is 18.0 Å². The first kappa shape index (κ1) is 8.20. The van der Waals surface area contributed by atoms with E-state index in [4.69, 9.17) is 0 Å². The molecule has 4 heteroatoms. The number of alkyl halides is 3. The molecular formula is C5H5F3O. The minimum absolute atomic E-state index is 0.114. The summed E-state index contributed by atoms with van der Waals surface area (Å²) in [6.45, 7) is 0.842. The molecule has 0 heterocycles. The predicted octanol–water partition coefficient (Wildman–Crippen LogP) is 1.69. The Kier molecular flexibility index (Phi) is 2.42. The molecular weight excluding hydrogens is 133 g/mol. The molecule has 52 valence electrons. The topological polar surface area (TPSA) is 17.1 Å². The quantitative estimate of drug-likeness (QED) is 0.398. The average Bonchev–Trinajstić information content (AvgIpc) is 1.64. The summed E-state index contributed by atoms with van der Waals surface area (Å²) in [7, 11) is 0. The highest BCUT2D eigenvalue weighted by molar-refractivity contribution is 5.66. The number of rotatable bonds is 1. The van der Waals surface area contributed by atoms with Crippen molar-refractivity contribution in [2.75, 3.05) is 0 Å². The minimum Gasteiger partial charge on any atom is -0.299 e. The summed E-state index contributed by atoms with van der Waals surface area (Å²) in [4.78, 5) is 9.49. The Labute approximate surface area is 50.2 Å². The number of hydrogen-bond acceptors (Lipinski definition) is 1. The average molecular weight is 138 g/mol. The van der Waals surface area contributed by atoms with Gasteiger partial charge in [-0.1, -0.05) is 0 Å². The van der Waals surface area contributed by atoms with Crippen molar-refractivity contribution in [1.82, 2.24) is 0 Å². The lowest BCUT2D eigenvalue weighted by Gasteiger charge is -2.02. The van der Waals surface area contributed by atoms with Gasteiger partial charge in [-0.15, -0.1) is 0 Å². The van der Waals surface area contributed by atoms with Crippen molar-refractivity contribution in [3.63, 3.8) is 0 Å². The Morgan fingerprint density at radius 1 is 1.44 bits per heavy atom. The van der Waals surface area contributed by atoms with Crippen molar-refractivity contribution in [3.8, 4) is 0 Å². The highest BCUT2D eigenvalue weighted by Crippen LogP contribution is 2.23. The maximum atomic E-state index is 11.4. The molecule has 0 aliphatic carbocycles. The highest BCUT2D eigenvalue weighted by Gasteiger charge is 2.29. The van der Waals surface area contributed by atoms with Gasteiger partial charge >= 0.3 is 6.18 Å². The summed E-state index contributed by atoms with van der Waals surface area (Å²) in [5, 5.41) is 0. The lowest BCUT2D eigenvalue weighted by Crippen LogP contribution is -2.08. The van der Waals surface area contributed by atoms with Crippen LogP contribution in [-0.2, 0) is 4.79 Å². The van der Waals surface area contributed by atoms with Crippen LogP contribution in [0.3, 0.4) is 0 Å². The predicted molar refractivity (Wildman–Crippen MR) is 25.9 cm³/mol. The summed E-state index contributed by atoms with van der Waals surface area (Å²) in [6, 6.07) is 0. The van der Waals surface area contributed by atoms with Crippen LogP contribution < -0.4 is 0 Å². The Morgan fingerprint density at radius 3 is 2.00 bits per heavy atom. The summed E-state index contributed by atoms with van der Waals surface area (Å²) in [5.41, 5.74) is -0.877. The van der Waals surface area contributed by atoms with Gasteiger partial charge in [-0.25, -0.2) is 0 Å². The third kappa shape index (κ3) is 2.90. The standard InChI is InChI=1S/C5H5F3O/c1-4(2-3-9)5(6,7)8/h2-3H,1H3/b4-2-. The SMILES string of the molecule is C/C(=C/C=O)C(F)(F)F. The van der Waals surface area contributed by atoms with E-state index >= 15 is 0 Å². The molecule has 0 N–H and O–H groups in total. The van der Waals surface area contributed by atoms with Crippen LogP contribution >= 0.6 is 0 Å². The van der Waals surface area contributed by atoms with Crippen LogP contribution in [0, 0.1) is 0 Å². The number of carbonyl (C=O) groups is 1. The van der Waals surface area contributed by atoms with Gasteiger partial charge in [0.05, 0.1) is 0 Å². The minimum atomic E-state index is -4.36. The van der Waals surface area contributed by atoms with Gasteiger partial charge in [0.15, 0.2) is 0 Å². The molecule has 1 nitrogen and oxygen atoms in total. The van der Waals surface area contributed by atoms with Crippen LogP contribution in [0.5, 0.6) is 0 Å². The second-order valence-corrected chi connectivity index (χ2v) is 1.48. The van der Waals surface area contributed by atoms with Crippen LogP contribution in [0.2, 0.25) is 0 Å². The molecule has 0 spiro atoms. The van der Waals surface area contributed by atoms with Crippen molar-refractivity contribution in [1.29, 1.82) is 0 Å². The summed E-state index contributed by atoms with van der Waals surface area (Å²) < 4.78 is 34.2. The zero-order chi connectivity index (χ0) is 7.49. The number of carbonyl (C=O) groups excluding carboxylic acids is 1. The van der Waals surface area contributed by atoms with Gasteiger partial charge < -0.3 is 0 Å². The molecule has 0 unspecified atom stereocenters. The van der Waals surface area contributed by atoms with E-state index in [1.807, 2.05) is 0 Å². The molecule has 0 amide bonds. The smallest absolute Gasteiger partial charge is 0.299 e. The molecule has 0 aromatic rings. The fraction of sp³-hybridized carbons (Fsp3) is 0.400. The van der Waals surface area contributed by atoms with Crippen molar-refractivity contribution in [3.05, 3.63) is 11.6 Å². The van der Waals surface area contributed by atoms with E-state index < -0.39 is 11.7 Å². The van der Waals surface area contributed by atoms with E-state index in [0.29, 0.717) is 6.08 Å². The second kappa shape index (κ2) is 2.66. The van der Waals surface area contributed by atoms with E-state index in [1.54, 1.807) is 0 Å². The van der Waals surface area contributed by atoms with Gasteiger partial charge in [-0.3, -0.25) is 4.79 Å². The molecule has 0 saturated carbocycles. The second-order valence-electron chi connectivity index (χ2n) is 1.48. The van der Waals surface area contributed by atoms with Crippen LogP contribution in [0.4, 0.5) is 13.2 Å². The molecule has 9 heavy (non-hydrogen) atoms. The Balaban J connectivity index is 4.19. The normalized spacial score (nSPS) is 13.6. The van der Waals surface area contributed by atoms with Crippen molar-refractivity contribution >= 4 is 6.29 Å². The summed E-state index contributed by atoms with van der Waals surface area (Å²) in [5.74, 6) is 0. The lowest BCUT2D eigenvalue weighted by molar-refractivity contribution is -0.106. The van der Waals surface area contributed by atoms with Gasteiger partial charge in [0.1, 0.15) is 6.29 Å². The first-order valence-electron chi connectivity index (χ1n) is 2.17. The van der Waals surface area contributed by atoms with Crippen LogP contribution in [0.1, 0.15) is 6.92 Å². The van der Waals surface area contributed by atoms with Gasteiger partial charge in [0.2, 0.25) is 0 Å². The first-order chi connectivity index (χ1) is 3.98. The third-order valence-electron chi connectivity index (χ3n) is 0.765. The fourth-order valence-electron chi connectivity index (χ4n) is 0.197. The lowest BCUT2D eigenvalue weighted by atomic mass is 10.3. The van der Waals surface area contributed by atoms with Gasteiger partial charge in [-0.2, -0.15) is 13.2 Å². The number of halogens is 3. The van der Waals surface area contributed by atoms with Crippen molar-refractivity contribution in [2.45, 2.75) is 13.1 Å². The maximum absolute atomic E-state index is 11.4. The molecule has 0 radical (unpaired) electrons. The maximum Gasteiger partial charge on any atom is 0.412 e. The fourth-order valence-corrected chi connectivity index (χ4v) is 0.197. The van der Waals surface area contributed by atoms with Crippen LogP contribution in [-0.4, -0.2) is 12.5 Å². The summed E-state index contributed by atoms with van der Waals surface area (Å²) >= 11 is 0. The number of allylic oxidation sites excluding steroid dienone is 2. The van der Waals surface area contributed by atoms with Gasteiger partial charge in [0.25, 0.3) is 0 Å². The molecule has 0 aromatic heterocycles. The number of aldehydes is 1. The highest BCUT2D eigenvalue weighted by atomic mass is 19.4. The zero-order valence-corrected chi connectivity index (χ0v) is 4.70. The molecule has 0 aliphatic rings. The third-order valence-corrected chi connectivity index (χ3v) is 0.765. The molecule has 0 fully saturated rings. The van der Waals surface area contributed by atoms with E-state index in [2.05, 4.69) is 0 Å². The van der Waals surface area contributed by atoms with Gasteiger partial charge in [-0.05, 0) is 13.0 Å². The van der Waals surface area contributed by atoms with E-state index in [0.717, 1.165) is 6.92 Å².